The smallest absolute Gasteiger partial charge is 0.359 e. The normalized spacial score (nSPS) is 16.3. The Kier molecular flexibility index (Phi) is 5.77. The highest BCUT2D eigenvalue weighted by molar-refractivity contribution is 5.98. The number of carbonyl (C=O) groups is 3. The van der Waals surface area contributed by atoms with Crippen molar-refractivity contribution in [2.45, 2.75) is 25.8 Å². The van der Waals surface area contributed by atoms with Gasteiger partial charge in [-0.05, 0) is 24.1 Å². The van der Waals surface area contributed by atoms with E-state index in [-0.39, 0.29) is 23.6 Å². The molecule has 0 radical (unpaired) electrons. The molecule has 148 valence electrons. The lowest BCUT2D eigenvalue weighted by molar-refractivity contribution is -0.127. The number of hydrogen-bond acceptors (Lipinski definition) is 5. The van der Waals surface area contributed by atoms with Crippen LogP contribution < -0.4 is 5.32 Å². The predicted molar refractivity (Wildman–Crippen MR) is 103 cm³/mol. The predicted octanol–water partition coefficient (Wildman–Crippen LogP) is 1.61. The zero-order chi connectivity index (χ0) is 20.3. The number of likely N-dealkylation sites (tertiary alicyclic amines) is 1. The van der Waals surface area contributed by atoms with E-state index in [0.717, 1.165) is 6.42 Å². The summed E-state index contributed by atoms with van der Waals surface area (Å²) in [5.41, 5.74) is 1.93. The monoisotopic (exact) mass is 384 g/mol. The Bertz CT molecular complexity index is 905. The Labute approximate surface area is 163 Å². The van der Waals surface area contributed by atoms with Crippen LogP contribution >= 0.6 is 0 Å². The van der Waals surface area contributed by atoms with Gasteiger partial charge in [0.1, 0.15) is 0 Å². The number of rotatable bonds is 6. The molecule has 1 aromatic carbocycles. The molecule has 0 unspecified atom stereocenters. The lowest BCUT2D eigenvalue weighted by atomic mass is 10.0. The number of methoxy groups -OCH3 is 1. The van der Waals surface area contributed by atoms with Gasteiger partial charge in [-0.3, -0.25) is 14.3 Å². The second kappa shape index (κ2) is 8.24. The van der Waals surface area contributed by atoms with Crippen molar-refractivity contribution in [2.24, 2.45) is 7.05 Å². The number of aryl methyl sites for hydroxylation is 1. The Hall–Kier alpha value is -3.16. The first-order valence-electron chi connectivity index (χ1n) is 9.24. The molecule has 0 saturated carbocycles. The molecule has 2 aromatic rings. The molecule has 1 fully saturated rings. The second-order valence-electron chi connectivity index (χ2n) is 6.85. The van der Waals surface area contributed by atoms with Crippen LogP contribution in [0.15, 0.2) is 30.5 Å². The maximum Gasteiger partial charge on any atom is 0.359 e. The zero-order valence-electron chi connectivity index (χ0n) is 16.3. The average Bonchev–Trinajstić information content (AvgIpc) is 3.24. The molecule has 2 heterocycles. The Morgan fingerprint density at radius 3 is 2.86 bits per heavy atom. The van der Waals surface area contributed by atoms with E-state index in [1.165, 1.54) is 11.8 Å². The molecule has 1 aliphatic heterocycles. The topological polar surface area (TPSA) is 93.5 Å². The van der Waals surface area contributed by atoms with Crippen molar-refractivity contribution >= 4 is 17.8 Å². The highest BCUT2D eigenvalue weighted by Crippen LogP contribution is 2.24. The molecule has 28 heavy (non-hydrogen) atoms. The number of nitrogens with zero attached hydrogens (tertiary/aromatic N) is 3. The number of ether oxygens (including phenoxy) is 1. The number of aromatic nitrogens is 2. The highest BCUT2D eigenvalue weighted by atomic mass is 16.5. The minimum atomic E-state index is -0.536. The lowest BCUT2D eigenvalue weighted by Gasteiger charge is -2.16. The van der Waals surface area contributed by atoms with E-state index in [9.17, 15) is 14.4 Å². The summed E-state index contributed by atoms with van der Waals surface area (Å²) < 4.78 is 6.32. The van der Waals surface area contributed by atoms with Crippen molar-refractivity contribution < 1.29 is 19.1 Å². The van der Waals surface area contributed by atoms with E-state index >= 15 is 0 Å². The van der Waals surface area contributed by atoms with Crippen molar-refractivity contribution in [3.8, 4) is 11.1 Å². The second-order valence-corrected chi connectivity index (χ2v) is 6.85. The van der Waals surface area contributed by atoms with Crippen LogP contribution in [0.2, 0.25) is 0 Å². The number of carbonyl (C=O) groups excluding carboxylic acids is 3. The fraction of sp³-hybridized carbons (Fsp3) is 0.400. The molecule has 1 aromatic heterocycles. The van der Waals surface area contributed by atoms with Gasteiger partial charge in [0.2, 0.25) is 5.91 Å². The molecule has 1 aliphatic rings. The summed E-state index contributed by atoms with van der Waals surface area (Å²) in [6.45, 7) is 3.26. The summed E-state index contributed by atoms with van der Waals surface area (Å²) >= 11 is 0. The molecule has 8 nitrogen and oxygen atoms in total. The molecule has 0 spiro atoms. The standard InChI is InChI=1S/C20H24N4O4/c1-4-8-24-11-15(10-17(24)25)21-19(26)14-7-5-6-13(9-14)16-12-23(2)22-18(16)20(27)28-3/h5-7,9,12,15H,4,8,10-11H2,1-3H3,(H,21,26)/t15-/m1/s1. The van der Waals surface area contributed by atoms with Crippen molar-refractivity contribution in [1.82, 2.24) is 20.0 Å². The van der Waals surface area contributed by atoms with Crippen LogP contribution in [0.3, 0.4) is 0 Å². The van der Waals surface area contributed by atoms with Gasteiger partial charge in [0.05, 0.1) is 13.2 Å². The summed E-state index contributed by atoms with van der Waals surface area (Å²) in [4.78, 5) is 38.4. The zero-order valence-corrected chi connectivity index (χ0v) is 16.3. The molecule has 8 heteroatoms. The molecular formula is C20H24N4O4. The van der Waals surface area contributed by atoms with Crippen molar-refractivity contribution in [3.63, 3.8) is 0 Å². The van der Waals surface area contributed by atoms with Crippen LogP contribution in [0.4, 0.5) is 0 Å². The van der Waals surface area contributed by atoms with E-state index in [2.05, 4.69) is 10.4 Å². The summed E-state index contributed by atoms with van der Waals surface area (Å²) in [6.07, 6.45) is 2.92. The number of esters is 1. The fourth-order valence-electron chi connectivity index (χ4n) is 3.40. The minimum absolute atomic E-state index is 0.0685. The molecule has 0 bridgehead atoms. The van der Waals surface area contributed by atoms with Crippen LogP contribution in [0.5, 0.6) is 0 Å². The van der Waals surface area contributed by atoms with Gasteiger partial charge >= 0.3 is 5.97 Å². The molecule has 1 N–H and O–H groups in total. The van der Waals surface area contributed by atoms with Crippen molar-refractivity contribution in [2.75, 3.05) is 20.2 Å². The third-order valence-electron chi connectivity index (χ3n) is 4.69. The molecular weight excluding hydrogens is 360 g/mol. The third-order valence-corrected chi connectivity index (χ3v) is 4.69. The van der Waals surface area contributed by atoms with Gasteiger partial charge in [-0.2, -0.15) is 5.10 Å². The van der Waals surface area contributed by atoms with Crippen molar-refractivity contribution in [1.29, 1.82) is 0 Å². The van der Waals surface area contributed by atoms with Gasteiger partial charge in [-0.1, -0.05) is 19.1 Å². The third kappa shape index (κ3) is 4.05. The number of amides is 2. The van der Waals surface area contributed by atoms with Gasteiger partial charge in [0, 0.05) is 43.9 Å². The number of nitrogens with one attached hydrogen (secondary N) is 1. The van der Waals surface area contributed by atoms with E-state index in [0.29, 0.717) is 36.2 Å². The SMILES string of the molecule is CCCN1C[C@H](NC(=O)c2cccc(-c3cn(C)nc3C(=O)OC)c2)CC1=O. The largest absolute Gasteiger partial charge is 0.464 e. The van der Waals surface area contributed by atoms with Crippen LogP contribution in [-0.4, -0.2) is 58.7 Å². The molecule has 0 aliphatic carbocycles. The lowest BCUT2D eigenvalue weighted by Crippen LogP contribution is -2.37. The maximum absolute atomic E-state index is 12.7. The number of benzene rings is 1. The van der Waals surface area contributed by atoms with E-state index in [1.54, 1.807) is 36.3 Å². The van der Waals surface area contributed by atoms with Gasteiger partial charge < -0.3 is 15.0 Å². The van der Waals surface area contributed by atoms with E-state index in [1.807, 2.05) is 13.0 Å². The average molecular weight is 384 g/mol. The molecule has 2 amide bonds. The molecule has 3 rings (SSSR count). The van der Waals surface area contributed by atoms with E-state index in [4.69, 9.17) is 4.74 Å². The van der Waals surface area contributed by atoms with Crippen LogP contribution in [0.1, 0.15) is 40.6 Å². The van der Waals surface area contributed by atoms with Gasteiger partial charge in [0.25, 0.3) is 5.91 Å². The van der Waals surface area contributed by atoms with E-state index < -0.39 is 5.97 Å². The van der Waals surface area contributed by atoms with Crippen LogP contribution in [0, 0.1) is 0 Å². The Morgan fingerprint density at radius 1 is 1.36 bits per heavy atom. The summed E-state index contributed by atoms with van der Waals surface area (Å²) in [5.74, 6) is -0.716. The van der Waals surface area contributed by atoms with Gasteiger partial charge in [-0.15, -0.1) is 0 Å². The molecule has 1 atom stereocenters. The Balaban J connectivity index is 1.78. The number of hydrogen-bond donors (Lipinski definition) is 1. The van der Waals surface area contributed by atoms with Crippen molar-refractivity contribution in [3.05, 3.63) is 41.7 Å². The van der Waals surface area contributed by atoms with Gasteiger partial charge in [-0.25, -0.2) is 4.79 Å². The fourth-order valence-corrected chi connectivity index (χ4v) is 3.40. The summed E-state index contributed by atoms with van der Waals surface area (Å²) in [7, 11) is 3.01. The molecule has 1 saturated heterocycles. The quantitative estimate of drug-likeness (QED) is 0.764. The summed E-state index contributed by atoms with van der Waals surface area (Å²) in [5, 5.41) is 7.08. The first-order valence-corrected chi connectivity index (χ1v) is 9.24. The highest BCUT2D eigenvalue weighted by Gasteiger charge is 2.30. The minimum Gasteiger partial charge on any atom is -0.464 e. The first-order chi connectivity index (χ1) is 13.4. The van der Waals surface area contributed by atoms with Crippen LogP contribution in [-0.2, 0) is 16.6 Å². The summed E-state index contributed by atoms with van der Waals surface area (Å²) in [6, 6.07) is 6.77. The first kappa shape index (κ1) is 19.6. The maximum atomic E-state index is 12.7. The van der Waals surface area contributed by atoms with Crippen LogP contribution in [0.25, 0.3) is 11.1 Å². The van der Waals surface area contributed by atoms with Gasteiger partial charge in [0.15, 0.2) is 5.69 Å². The Morgan fingerprint density at radius 2 is 2.14 bits per heavy atom.